The van der Waals surface area contributed by atoms with Gasteiger partial charge in [-0.3, -0.25) is 9.59 Å². The molecule has 1 saturated heterocycles. The van der Waals surface area contributed by atoms with E-state index in [0.717, 1.165) is 12.8 Å². The molecule has 7 nitrogen and oxygen atoms in total. The molecular formula is C18H24N4O3. The first-order valence-electron chi connectivity index (χ1n) is 8.57. The summed E-state index contributed by atoms with van der Waals surface area (Å²) < 4.78 is 5.32. The third kappa shape index (κ3) is 5.18. The van der Waals surface area contributed by atoms with Gasteiger partial charge >= 0.3 is 5.97 Å². The first kappa shape index (κ1) is 18.7. The Morgan fingerprint density at radius 2 is 2.32 bits per heavy atom. The van der Waals surface area contributed by atoms with Crippen LogP contribution in [0, 0.1) is 23.2 Å². The number of rotatable bonds is 6. The van der Waals surface area contributed by atoms with Crippen molar-refractivity contribution in [2.45, 2.75) is 26.7 Å². The molecule has 7 heteroatoms. The van der Waals surface area contributed by atoms with Gasteiger partial charge in [0.1, 0.15) is 18.5 Å². The van der Waals surface area contributed by atoms with Crippen LogP contribution in [0.2, 0.25) is 0 Å². The van der Waals surface area contributed by atoms with Gasteiger partial charge in [-0.05, 0) is 25.0 Å². The Balaban J connectivity index is 1.76. The second kappa shape index (κ2) is 9.02. The molecule has 25 heavy (non-hydrogen) atoms. The lowest BCUT2D eigenvalue weighted by molar-refractivity contribution is -0.151. The fourth-order valence-electron chi connectivity index (χ4n) is 2.81. The van der Waals surface area contributed by atoms with Gasteiger partial charge in [0.25, 0.3) is 0 Å². The molecule has 0 saturated carbocycles. The molecule has 1 aliphatic rings. The van der Waals surface area contributed by atoms with Gasteiger partial charge in [-0.1, -0.05) is 13.8 Å². The second-order valence-electron chi connectivity index (χ2n) is 6.38. The molecule has 1 aromatic heterocycles. The standard InChI is InChI=1S/C18H24N4O3/c1-13(2)17(23)22-9-4-6-15(12-22)18(24)25-10-8-21-16-14(11-19)5-3-7-20-16/h3,5,7,13,15H,4,6,8-10,12H2,1-2H3,(H,20,21)/t15-/m0/s1. The molecule has 1 aromatic rings. The van der Waals surface area contributed by atoms with Gasteiger partial charge < -0.3 is 15.0 Å². The minimum absolute atomic E-state index is 0.0633. The van der Waals surface area contributed by atoms with Crippen LogP contribution in [0.15, 0.2) is 18.3 Å². The van der Waals surface area contributed by atoms with Crippen molar-refractivity contribution in [2.75, 3.05) is 31.6 Å². The van der Waals surface area contributed by atoms with E-state index in [1.54, 1.807) is 23.2 Å². The lowest BCUT2D eigenvalue weighted by Gasteiger charge is -2.32. The number of piperidine rings is 1. The van der Waals surface area contributed by atoms with Gasteiger partial charge in [0.15, 0.2) is 0 Å². The summed E-state index contributed by atoms with van der Waals surface area (Å²) in [5, 5.41) is 12.0. The summed E-state index contributed by atoms with van der Waals surface area (Å²) in [5.41, 5.74) is 0.448. The number of aromatic nitrogens is 1. The summed E-state index contributed by atoms with van der Waals surface area (Å²) in [6, 6.07) is 5.41. The van der Waals surface area contributed by atoms with Crippen LogP contribution in [-0.4, -0.2) is 48.0 Å². The molecule has 0 radical (unpaired) electrons. The van der Waals surface area contributed by atoms with Gasteiger partial charge in [0, 0.05) is 25.2 Å². The quantitative estimate of drug-likeness (QED) is 0.624. The van der Waals surface area contributed by atoms with Crippen LogP contribution < -0.4 is 5.32 Å². The number of nitrogens with zero attached hydrogens (tertiary/aromatic N) is 3. The third-order valence-corrected chi connectivity index (χ3v) is 4.13. The van der Waals surface area contributed by atoms with Gasteiger partial charge in [0.05, 0.1) is 18.0 Å². The molecule has 0 unspecified atom stereocenters. The van der Waals surface area contributed by atoms with E-state index in [-0.39, 0.29) is 30.3 Å². The van der Waals surface area contributed by atoms with E-state index >= 15 is 0 Å². The Labute approximate surface area is 148 Å². The van der Waals surface area contributed by atoms with Crippen molar-refractivity contribution in [3.63, 3.8) is 0 Å². The predicted octanol–water partition coefficient (Wildman–Crippen LogP) is 1.80. The van der Waals surface area contributed by atoms with E-state index in [9.17, 15) is 9.59 Å². The highest BCUT2D eigenvalue weighted by Gasteiger charge is 2.30. The lowest BCUT2D eigenvalue weighted by atomic mass is 9.97. The third-order valence-electron chi connectivity index (χ3n) is 4.13. The summed E-state index contributed by atoms with van der Waals surface area (Å²) in [5.74, 6) is -0.0389. The fraction of sp³-hybridized carbons (Fsp3) is 0.556. The van der Waals surface area contributed by atoms with Crippen molar-refractivity contribution in [3.8, 4) is 6.07 Å². The van der Waals surface area contributed by atoms with Crippen LogP contribution in [0.1, 0.15) is 32.3 Å². The molecule has 1 atom stereocenters. The first-order valence-corrected chi connectivity index (χ1v) is 8.57. The average Bonchev–Trinajstić information content (AvgIpc) is 2.64. The lowest BCUT2D eigenvalue weighted by Crippen LogP contribution is -2.44. The van der Waals surface area contributed by atoms with Crippen LogP contribution in [0.3, 0.4) is 0 Å². The summed E-state index contributed by atoms with van der Waals surface area (Å²) in [6.45, 7) is 5.43. The zero-order valence-electron chi connectivity index (χ0n) is 14.7. The van der Waals surface area contributed by atoms with Crippen molar-refractivity contribution in [1.82, 2.24) is 9.88 Å². The number of esters is 1. The van der Waals surface area contributed by atoms with Crippen molar-refractivity contribution in [3.05, 3.63) is 23.9 Å². The van der Waals surface area contributed by atoms with Crippen LogP contribution in [0.4, 0.5) is 5.82 Å². The number of hydrogen-bond acceptors (Lipinski definition) is 6. The van der Waals surface area contributed by atoms with Crippen molar-refractivity contribution < 1.29 is 14.3 Å². The molecule has 0 aliphatic carbocycles. The molecule has 0 spiro atoms. The molecule has 1 fully saturated rings. The minimum Gasteiger partial charge on any atom is -0.464 e. The topological polar surface area (TPSA) is 95.3 Å². The van der Waals surface area contributed by atoms with Gasteiger partial charge in [-0.2, -0.15) is 5.26 Å². The van der Waals surface area contributed by atoms with Crippen molar-refractivity contribution >= 4 is 17.7 Å². The number of carbonyl (C=O) groups is 2. The summed E-state index contributed by atoms with van der Waals surface area (Å²) in [6.07, 6.45) is 3.15. The monoisotopic (exact) mass is 344 g/mol. The number of likely N-dealkylation sites (tertiary alicyclic amines) is 1. The number of anilines is 1. The van der Waals surface area contributed by atoms with Crippen LogP contribution in [0.25, 0.3) is 0 Å². The minimum atomic E-state index is -0.274. The zero-order valence-corrected chi connectivity index (χ0v) is 14.7. The van der Waals surface area contributed by atoms with E-state index in [1.165, 1.54) is 0 Å². The maximum atomic E-state index is 12.2. The molecule has 0 aromatic carbocycles. The number of nitrogens with one attached hydrogen (secondary N) is 1. The Kier molecular flexibility index (Phi) is 6.75. The van der Waals surface area contributed by atoms with Crippen LogP contribution >= 0.6 is 0 Å². The Morgan fingerprint density at radius 1 is 1.52 bits per heavy atom. The Hall–Kier alpha value is -2.62. The maximum Gasteiger partial charge on any atom is 0.310 e. The normalized spacial score (nSPS) is 17.0. The largest absolute Gasteiger partial charge is 0.464 e. The molecule has 2 heterocycles. The Morgan fingerprint density at radius 3 is 3.04 bits per heavy atom. The molecule has 1 amide bonds. The van der Waals surface area contributed by atoms with E-state index in [1.807, 2.05) is 13.8 Å². The molecule has 1 N–H and O–H groups in total. The highest BCUT2D eigenvalue weighted by molar-refractivity contribution is 5.80. The number of nitriles is 1. The summed E-state index contributed by atoms with van der Waals surface area (Å²) >= 11 is 0. The predicted molar refractivity (Wildman–Crippen MR) is 92.5 cm³/mol. The highest BCUT2D eigenvalue weighted by atomic mass is 16.5. The van der Waals surface area contributed by atoms with Crippen LogP contribution in [-0.2, 0) is 14.3 Å². The van der Waals surface area contributed by atoms with E-state index in [2.05, 4.69) is 16.4 Å². The molecular weight excluding hydrogens is 320 g/mol. The molecule has 134 valence electrons. The number of hydrogen-bond donors (Lipinski definition) is 1. The number of amides is 1. The first-order chi connectivity index (χ1) is 12.0. The van der Waals surface area contributed by atoms with Crippen molar-refractivity contribution in [2.24, 2.45) is 11.8 Å². The smallest absolute Gasteiger partial charge is 0.310 e. The highest BCUT2D eigenvalue weighted by Crippen LogP contribution is 2.19. The van der Waals surface area contributed by atoms with E-state index in [0.29, 0.717) is 31.0 Å². The van der Waals surface area contributed by atoms with Gasteiger partial charge in [-0.25, -0.2) is 4.98 Å². The van der Waals surface area contributed by atoms with E-state index in [4.69, 9.17) is 10.00 Å². The van der Waals surface area contributed by atoms with Crippen molar-refractivity contribution in [1.29, 1.82) is 5.26 Å². The molecule has 1 aliphatic heterocycles. The van der Waals surface area contributed by atoms with Gasteiger partial charge in [0.2, 0.25) is 5.91 Å². The number of ether oxygens (including phenoxy) is 1. The summed E-state index contributed by atoms with van der Waals surface area (Å²) in [4.78, 5) is 30.1. The second-order valence-corrected chi connectivity index (χ2v) is 6.38. The molecule has 2 rings (SSSR count). The molecule has 0 bridgehead atoms. The fourth-order valence-corrected chi connectivity index (χ4v) is 2.81. The van der Waals surface area contributed by atoms with Crippen LogP contribution in [0.5, 0.6) is 0 Å². The maximum absolute atomic E-state index is 12.2. The SMILES string of the molecule is CC(C)C(=O)N1CCC[C@H](C(=O)OCCNc2ncccc2C#N)C1. The number of carbonyl (C=O) groups excluding carboxylic acids is 2. The zero-order chi connectivity index (χ0) is 18.2. The van der Waals surface area contributed by atoms with E-state index < -0.39 is 0 Å². The summed E-state index contributed by atoms with van der Waals surface area (Å²) in [7, 11) is 0. The number of pyridine rings is 1. The average molecular weight is 344 g/mol. The van der Waals surface area contributed by atoms with Gasteiger partial charge in [-0.15, -0.1) is 0 Å². The Bertz CT molecular complexity index is 654.